The summed E-state index contributed by atoms with van der Waals surface area (Å²) in [6.45, 7) is 9.92. The minimum absolute atomic E-state index is 0.197. The minimum Gasteiger partial charge on any atom is -0.365 e. The third-order valence-corrected chi connectivity index (χ3v) is 4.17. The van der Waals surface area contributed by atoms with E-state index in [2.05, 4.69) is 24.5 Å². The Morgan fingerprint density at radius 3 is 2.78 bits per heavy atom. The quantitative estimate of drug-likeness (QED) is 0.668. The third kappa shape index (κ3) is 6.81. The maximum absolute atomic E-state index is 12.8. The fourth-order valence-electron chi connectivity index (χ4n) is 2.80. The summed E-state index contributed by atoms with van der Waals surface area (Å²) in [6, 6.07) is 6.41. The Morgan fingerprint density at radius 2 is 2.09 bits per heavy atom. The van der Waals surface area contributed by atoms with E-state index in [1.165, 1.54) is 18.7 Å². The number of ether oxygens (including phenoxy) is 1. The van der Waals surface area contributed by atoms with Gasteiger partial charge in [0, 0.05) is 19.0 Å². The van der Waals surface area contributed by atoms with Crippen LogP contribution in [0, 0.1) is 11.7 Å². The first-order chi connectivity index (χ1) is 11.0. The zero-order valence-corrected chi connectivity index (χ0v) is 14.7. The number of hydrogen-bond donors (Lipinski definition) is 3. The lowest BCUT2D eigenvalue weighted by Crippen LogP contribution is -3.15. The molecule has 1 aliphatic rings. The molecule has 3 N–H and O–H groups in total. The molecule has 0 radical (unpaired) electrons. The van der Waals surface area contributed by atoms with Crippen molar-refractivity contribution in [2.45, 2.75) is 26.5 Å². The number of morpholine rings is 1. The first-order valence-corrected chi connectivity index (χ1v) is 8.65. The van der Waals surface area contributed by atoms with Crippen molar-refractivity contribution in [3.05, 3.63) is 35.6 Å². The van der Waals surface area contributed by atoms with Gasteiger partial charge in [-0.3, -0.25) is 0 Å². The SMILES string of the molecule is CC(C)C[NH+]1CCO[C@H](CNC(=S)NCc2ccc(F)cc2)C1. The van der Waals surface area contributed by atoms with Crippen molar-refractivity contribution in [2.24, 2.45) is 5.92 Å². The summed E-state index contributed by atoms with van der Waals surface area (Å²) in [5, 5.41) is 6.96. The van der Waals surface area contributed by atoms with Crippen molar-refractivity contribution < 1.29 is 14.0 Å². The normalized spacial score (nSPS) is 21.2. The van der Waals surface area contributed by atoms with Crippen LogP contribution in [0.15, 0.2) is 24.3 Å². The van der Waals surface area contributed by atoms with Gasteiger partial charge in [0.15, 0.2) is 5.11 Å². The van der Waals surface area contributed by atoms with Crippen LogP contribution in [0.1, 0.15) is 19.4 Å². The lowest BCUT2D eigenvalue weighted by atomic mass is 10.2. The number of nitrogens with one attached hydrogen (secondary N) is 3. The molecular weight excluding hydrogens is 313 g/mol. The minimum atomic E-state index is -0.225. The molecule has 128 valence electrons. The molecule has 0 amide bonds. The maximum atomic E-state index is 12.8. The Hall–Kier alpha value is -1.24. The van der Waals surface area contributed by atoms with Crippen LogP contribution in [0.4, 0.5) is 4.39 Å². The molecule has 0 spiro atoms. The first kappa shape index (κ1) is 18.1. The van der Waals surface area contributed by atoms with E-state index in [1.54, 1.807) is 17.0 Å². The monoisotopic (exact) mass is 340 g/mol. The molecule has 1 heterocycles. The Kier molecular flexibility index (Phi) is 7.20. The van der Waals surface area contributed by atoms with E-state index in [4.69, 9.17) is 17.0 Å². The van der Waals surface area contributed by atoms with E-state index in [0.29, 0.717) is 17.6 Å². The summed E-state index contributed by atoms with van der Waals surface area (Å²) in [5.41, 5.74) is 0.997. The Labute approximate surface area is 143 Å². The molecule has 6 heteroatoms. The molecule has 0 saturated carbocycles. The molecule has 1 aromatic rings. The van der Waals surface area contributed by atoms with Crippen LogP contribution in [0.3, 0.4) is 0 Å². The summed E-state index contributed by atoms with van der Waals surface area (Å²) < 4.78 is 18.7. The lowest BCUT2D eigenvalue weighted by Gasteiger charge is -2.31. The maximum Gasteiger partial charge on any atom is 0.166 e. The van der Waals surface area contributed by atoms with Crippen LogP contribution < -0.4 is 15.5 Å². The molecule has 0 bridgehead atoms. The van der Waals surface area contributed by atoms with Gasteiger partial charge in [-0.2, -0.15) is 0 Å². The van der Waals surface area contributed by atoms with Crippen molar-refractivity contribution >= 4 is 17.3 Å². The predicted molar refractivity (Wildman–Crippen MR) is 94.0 cm³/mol. The Bertz CT molecular complexity index is 495. The zero-order valence-electron chi connectivity index (χ0n) is 13.9. The second-order valence-corrected chi connectivity index (χ2v) is 6.89. The highest BCUT2D eigenvalue weighted by atomic mass is 32.1. The summed E-state index contributed by atoms with van der Waals surface area (Å²) in [6.07, 6.45) is 0.197. The summed E-state index contributed by atoms with van der Waals surface area (Å²) >= 11 is 5.29. The molecule has 2 atom stereocenters. The van der Waals surface area contributed by atoms with Crippen molar-refractivity contribution in [2.75, 3.05) is 32.8 Å². The molecule has 1 unspecified atom stereocenters. The van der Waals surface area contributed by atoms with Gasteiger partial charge >= 0.3 is 0 Å². The standard InChI is InChI=1S/C17H26FN3OS/c1-13(2)11-21-7-8-22-16(12-21)10-20-17(23)19-9-14-3-5-15(18)6-4-14/h3-6,13,16H,7-12H2,1-2H3,(H2,19,20,23)/p+1/t16-/m1/s1. The van der Waals surface area contributed by atoms with Gasteiger partial charge in [0.05, 0.1) is 13.2 Å². The van der Waals surface area contributed by atoms with Crippen molar-refractivity contribution in [1.29, 1.82) is 0 Å². The highest BCUT2D eigenvalue weighted by Gasteiger charge is 2.24. The van der Waals surface area contributed by atoms with E-state index in [9.17, 15) is 4.39 Å². The summed E-state index contributed by atoms with van der Waals surface area (Å²) in [5.74, 6) is 0.479. The van der Waals surface area contributed by atoms with Gasteiger partial charge in [0.25, 0.3) is 0 Å². The van der Waals surface area contributed by atoms with Crippen LogP contribution in [0.25, 0.3) is 0 Å². The Balaban J connectivity index is 1.66. The highest BCUT2D eigenvalue weighted by Crippen LogP contribution is 2.02. The summed E-state index contributed by atoms with van der Waals surface area (Å²) in [7, 11) is 0. The molecule has 1 fully saturated rings. The van der Waals surface area contributed by atoms with Gasteiger partial charge in [-0.15, -0.1) is 0 Å². The number of halogens is 1. The van der Waals surface area contributed by atoms with Crippen molar-refractivity contribution in [3.63, 3.8) is 0 Å². The average Bonchev–Trinajstić information content (AvgIpc) is 2.52. The van der Waals surface area contributed by atoms with Gasteiger partial charge in [0.1, 0.15) is 25.0 Å². The fraction of sp³-hybridized carbons (Fsp3) is 0.588. The molecule has 23 heavy (non-hydrogen) atoms. The molecule has 0 aromatic heterocycles. The van der Waals surface area contributed by atoms with E-state index in [1.807, 2.05) is 0 Å². The number of rotatable bonds is 6. The molecule has 1 aromatic carbocycles. The number of hydrogen-bond acceptors (Lipinski definition) is 2. The summed E-state index contributed by atoms with van der Waals surface area (Å²) in [4.78, 5) is 1.60. The van der Waals surface area contributed by atoms with Crippen molar-refractivity contribution in [3.8, 4) is 0 Å². The molecule has 0 aliphatic carbocycles. The largest absolute Gasteiger partial charge is 0.365 e. The third-order valence-electron chi connectivity index (χ3n) is 3.88. The molecular formula is C17H27FN3OS+. The second kappa shape index (κ2) is 9.15. The molecule has 1 aliphatic heterocycles. The van der Waals surface area contributed by atoms with E-state index >= 15 is 0 Å². The first-order valence-electron chi connectivity index (χ1n) is 8.24. The second-order valence-electron chi connectivity index (χ2n) is 6.48. The molecule has 2 rings (SSSR count). The number of benzene rings is 1. The van der Waals surface area contributed by atoms with Gasteiger partial charge in [0.2, 0.25) is 0 Å². The number of thiocarbonyl (C=S) groups is 1. The zero-order chi connectivity index (χ0) is 16.7. The topological polar surface area (TPSA) is 37.7 Å². The number of quaternary nitrogens is 1. The van der Waals surface area contributed by atoms with E-state index in [-0.39, 0.29) is 11.9 Å². The molecule has 1 saturated heterocycles. The predicted octanol–water partition coefficient (Wildman–Crippen LogP) is 0.730. The van der Waals surface area contributed by atoms with E-state index < -0.39 is 0 Å². The lowest BCUT2D eigenvalue weighted by molar-refractivity contribution is -0.914. The molecule has 4 nitrogen and oxygen atoms in total. The van der Waals surface area contributed by atoms with E-state index in [0.717, 1.165) is 31.8 Å². The van der Waals surface area contributed by atoms with Gasteiger partial charge in [-0.25, -0.2) is 4.39 Å². The fourth-order valence-corrected chi connectivity index (χ4v) is 2.96. The average molecular weight is 340 g/mol. The van der Waals surface area contributed by atoms with Gasteiger partial charge in [-0.05, 0) is 29.9 Å². The van der Waals surface area contributed by atoms with Crippen LogP contribution in [0.5, 0.6) is 0 Å². The van der Waals surface area contributed by atoms with Gasteiger partial charge < -0.3 is 20.3 Å². The Morgan fingerprint density at radius 1 is 1.35 bits per heavy atom. The smallest absolute Gasteiger partial charge is 0.166 e. The highest BCUT2D eigenvalue weighted by molar-refractivity contribution is 7.80. The van der Waals surface area contributed by atoms with Crippen LogP contribution in [-0.4, -0.2) is 44.0 Å². The van der Waals surface area contributed by atoms with Gasteiger partial charge in [-0.1, -0.05) is 26.0 Å². The van der Waals surface area contributed by atoms with Crippen LogP contribution in [-0.2, 0) is 11.3 Å². The van der Waals surface area contributed by atoms with Crippen LogP contribution >= 0.6 is 12.2 Å². The van der Waals surface area contributed by atoms with Crippen molar-refractivity contribution in [1.82, 2.24) is 10.6 Å². The van der Waals surface area contributed by atoms with Crippen LogP contribution in [0.2, 0.25) is 0 Å².